The van der Waals surface area contributed by atoms with Gasteiger partial charge in [0.25, 0.3) is 0 Å². The van der Waals surface area contributed by atoms with Crippen molar-refractivity contribution in [2.45, 2.75) is 39.0 Å². The summed E-state index contributed by atoms with van der Waals surface area (Å²) in [5, 5.41) is 6.65. The zero-order valence-electron chi connectivity index (χ0n) is 14.0. The first-order valence-electron chi connectivity index (χ1n) is 8.49. The van der Waals surface area contributed by atoms with Crippen LogP contribution in [-0.4, -0.2) is 16.5 Å². The minimum absolute atomic E-state index is 0.669. The van der Waals surface area contributed by atoms with Gasteiger partial charge in [-0.1, -0.05) is 33.6 Å². The molecule has 0 amide bonds. The van der Waals surface area contributed by atoms with Crippen molar-refractivity contribution in [3.63, 3.8) is 0 Å². The number of nitrogens with zero attached hydrogens (tertiary/aromatic N) is 2. The van der Waals surface area contributed by atoms with Crippen LogP contribution in [0.1, 0.15) is 37.7 Å². The molecule has 0 saturated heterocycles. The quantitative estimate of drug-likeness (QED) is 0.634. The van der Waals surface area contributed by atoms with Crippen LogP contribution in [0.25, 0.3) is 0 Å². The van der Waals surface area contributed by atoms with Gasteiger partial charge in [-0.2, -0.15) is 4.98 Å². The van der Waals surface area contributed by atoms with E-state index in [0.717, 1.165) is 28.9 Å². The molecule has 0 radical (unpaired) electrons. The Morgan fingerprint density at radius 1 is 1.21 bits per heavy atom. The Morgan fingerprint density at radius 3 is 2.92 bits per heavy atom. The molecule has 1 aromatic carbocycles. The smallest absolute Gasteiger partial charge is 0.224 e. The van der Waals surface area contributed by atoms with Crippen molar-refractivity contribution in [2.75, 3.05) is 17.2 Å². The lowest BCUT2D eigenvalue weighted by Crippen LogP contribution is -2.08. The Balaban J connectivity index is 1.57. The molecule has 24 heavy (non-hydrogen) atoms. The minimum Gasteiger partial charge on any atom is -0.354 e. The summed E-state index contributed by atoms with van der Waals surface area (Å²) in [7, 11) is 0. The summed E-state index contributed by atoms with van der Waals surface area (Å²) in [5.74, 6) is 1.46. The fourth-order valence-electron chi connectivity index (χ4n) is 2.80. The summed E-state index contributed by atoms with van der Waals surface area (Å²) in [4.78, 5) is 8.84. The molecular formula is C19H23BrN4. The van der Waals surface area contributed by atoms with Crippen LogP contribution in [0.2, 0.25) is 0 Å². The van der Waals surface area contributed by atoms with Crippen molar-refractivity contribution in [1.29, 1.82) is 0 Å². The summed E-state index contributed by atoms with van der Waals surface area (Å²) in [5.41, 5.74) is 3.78. The fraction of sp³-hybridized carbons (Fsp3) is 0.368. The van der Waals surface area contributed by atoms with E-state index in [0.29, 0.717) is 5.95 Å². The number of benzene rings is 1. The van der Waals surface area contributed by atoms with E-state index in [1.54, 1.807) is 11.8 Å². The molecule has 2 N–H and O–H groups in total. The molecule has 0 fully saturated rings. The van der Waals surface area contributed by atoms with Crippen LogP contribution in [-0.2, 0) is 0 Å². The molecule has 0 unspecified atom stereocenters. The molecule has 2 aromatic rings. The van der Waals surface area contributed by atoms with Crippen molar-refractivity contribution in [2.24, 2.45) is 0 Å². The van der Waals surface area contributed by atoms with E-state index < -0.39 is 0 Å². The van der Waals surface area contributed by atoms with Crippen molar-refractivity contribution in [3.05, 3.63) is 52.1 Å². The topological polar surface area (TPSA) is 49.8 Å². The maximum atomic E-state index is 4.53. The van der Waals surface area contributed by atoms with Crippen LogP contribution in [0.5, 0.6) is 0 Å². The summed E-state index contributed by atoms with van der Waals surface area (Å²) < 4.78 is 1.08. The predicted molar refractivity (Wildman–Crippen MR) is 104 cm³/mol. The molecular weight excluding hydrogens is 364 g/mol. The Morgan fingerprint density at radius 2 is 2.12 bits per heavy atom. The van der Waals surface area contributed by atoms with Gasteiger partial charge in [0, 0.05) is 22.9 Å². The molecule has 1 aromatic heterocycles. The molecule has 3 rings (SSSR count). The van der Waals surface area contributed by atoms with E-state index in [9.17, 15) is 0 Å². The zero-order valence-corrected chi connectivity index (χ0v) is 15.6. The molecule has 1 aliphatic carbocycles. The minimum atomic E-state index is 0.669. The second-order valence-corrected chi connectivity index (χ2v) is 6.99. The SMILES string of the molecule is Cc1ccc(Nc2ccnc(NCCC3=CCCCC3)n2)cc1Br. The third-order valence-electron chi connectivity index (χ3n) is 4.21. The van der Waals surface area contributed by atoms with Crippen LogP contribution < -0.4 is 10.6 Å². The number of nitrogens with one attached hydrogen (secondary N) is 2. The summed E-state index contributed by atoms with van der Waals surface area (Å²) >= 11 is 3.56. The highest BCUT2D eigenvalue weighted by atomic mass is 79.9. The first-order chi connectivity index (χ1) is 11.7. The number of halogens is 1. The number of anilines is 3. The molecule has 5 heteroatoms. The van der Waals surface area contributed by atoms with Crippen LogP contribution in [0, 0.1) is 6.92 Å². The van der Waals surface area contributed by atoms with Crippen LogP contribution >= 0.6 is 15.9 Å². The lowest BCUT2D eigenvalue weighted by molar-refractivity contribution is 0.679. The van der Waals surface area contributed by atoms with E-state index in [1.165, 1.54) is 31.2 Å². The van der Waals surface area contributed by atoms with Gasteiger partial charge in [-0.25, -0.2) is 4.98 Å². The number of rotatable bonds is 6. The second-order valence-electron chi connectivity index (χ2n) is 6.14. The van der Waals surface area contributed by atoms with Crippen molar-refractivity contribution >= 4 is 33.4 Å². The molecule has 1 aliphatic rings. The Labute approximate surface area is 151 Å². The van der Waals surface area contributed by atoms with Gasteiger partial charge >= 0.3 is 0 Å². The number of hydrogen-bond donors (Lipinski definition) is 2. The standard InChI is InChI=1S/C19H23BrN4/c1-14-7-8-16(13-17(14)20)23-18-10-12-22-19(24-18)21-11-9-15-5-3-2-4-6-15/h5,7-8,10,12-13H,2-4,6,9,11H2,1H3,(H2,21,22,23,24). The van der Waals surface area contributed by atoms with E-state index in [-0.39, 0.29) is 0 Å². The lowest BCUT2D eigenvalue weighted by Gasteiger charge is -2.13. The molecule has 1 heterocycles. The van der Waals surface area contributed by atoms with E-state index in [2.05, 4.69) is 61.7 Å². The Bertz CT molecular complexity index is 727. The first-order valence-corrected chi connectivity index (χ1v) is 9.28. The fourth-order valence-corrected chi connectivity index (χ4v) is 3.18. The van der Waals surface area contributed by atoms with Crippen molar-refractivity contribution in [3.8, 4) is 0 Å². The molecule has 0 spiro atoms. The first kappa shape index (κ1) is 17.0. The lowest BCUT2D eigenvalue weighted by atomic mass is 9.97. The van der Waals surface area contributed by atoms with Gasteiger partial charge in [-0.3, -0.25) is 0 Å². The van der Waals surface area contributed by atoms with Gasteiger partial charge in [-0.05, 0) is 62.8 Å². The number of aryl methyl sites for hydroxylation is 1. The largest absolute Gasteiger partial charge is 0.354 e. The van der Waals surface area contributed by atoms with Crippen molar-refractivity contribution < 1.29 is 0 Å². The second kappa shape index (κ2) is 8.29. The van der Waals surface area contributed by atoms with Gasteiger partial charge in [0.1, 0.15) is 5.82 Å². The van der Waals surface area contributed by atoms with Gasteiger partial charge in [0.05, 0.1) is 0 Å². The van der Waals surface area contributed by atoms with Gasteiger partial charge in [0.15, 0.2) is 0 Å². The maximum Gasteiger partial charge on any atom is 0.224 e. The summed E-state index contributed by atoms with van der Waals surface area (Å²) in [6.45, 7) is 2.95. The van der Waals surface area contributed by atoms with E-state index in [1.807, 2.05) is 12.1 Å². The molecule has 4 nitrogen and oxygen atoms in total. The molecule has 0 atom stereocenters. The van der Waals surface area contributed by atoms with Gasteiger partial charge in [0.2, 0.25) is 5.95 Å². The Hall–Kier alpha value is -1.88. The monoisotopic (exact) mass is 386 g/mol. The zero-order chi connectivity index (χ0) is 16.8. The number of hydrogen-bond acceptors (Lipinski definition) is 4. The predicted octanol–water partition coefficient (Wildman–Crippen LogP) is 5.59. The highest BCUT2D eigenvalue weighted by Crippen LogP contribution is 2.23. The van der Waals surface area contributed by atoms with Crippen LogP contribution in [0.4, 0.5) is 17.5 Å². The molecule has 0 aliphatic heterocycles. The normalized spacial score (nSPS) is 14.2. The summed E-state index contributed by atoms with van der Waals surface area (Å²) in [6.07, 6.45) is 10.4. The molecule has 126 valence electrons. The highest BCUT2D eigenvalue weighted by molar-refractivity contribution is 9.10. The highest BCUT2D eigenvalue weighted by Gasteiger charge is 2.05. The average Bonchev–Trinajstić information content (AvgIpc) is 2.60. The third-order valence-corrected chi connectivity index (χ3v) is 5.07. The average molecular weight is 387 g/mol. The molecule has 0 saturated carbocycles. The van der Waals surface area contributed by atoms with E-state index >= 15 is 0 Å². The van der Waals surface area contributed by atoms with Crippen LogP contribution in [0.3, 0.4) is 0 Å². The maximum absolute atomic E-state index is 4.53. The summed E-state index contributed by atoms with van der Waals surface area (Å²) in [6, 6.07) is 8.05. The third kappa shape index (κ3) is 4.81. The Kier molecular flexibility index (Phi) is 5.86. The van der Waals surface area contributed by atoms with E-state index in [4.69, 9.17) is 0 Å². The van der Waals surface area contributed by atoms with Crippen LogP contribution in [0.15, 0.2) is 46.6 Å². The number of allylic oxidation sites excluding steroid dienone is 1. The van der Waals surface area contributed by atoms with Crippen molar-refractivity contribution in [1.82, 2.24) is 9.97 Å². The van der Waals surface area contributed by atoms with Gasteiger partial charge in [-0.15, -0.1) is 0 Å². The number of aromatic nitrogens is 2. The van der Waals surface area contributed by atoms with Gasteiger partial charge < -0.3 is 10.6 Å². The molecule has 0 bridgehead atoms.